The maximum absolute atomic E-state index is 4.99. The first-order valence-electron chi connectivity index (χ1n) is 4.27. The molecule has 72 valence electrons. The fourth-order valence-corrected chi connectivity index (χ4v) is 0.995. The van der Waals surface area contributed by atoms with Gasteiger partial charge in [0.1, 0.15) is 6.26 Å². The lowest BCUT2D eigenvalue weighted by Crippen LogP contribution is -2.29. The molecule has 0 radical (unpaired) electrons. The number of nitrogens with one attached hydrogen (secondary N) is 2. The predicted molar refractivity (Wildman–Crippen MR) is 55.6 cm³/mol. The van der Waals surface area contributed by atoms with Crippen molar-refractivity contribution in [1.82, 2.24) is 10.3 Å². The highest BCUT2D eigenvalue weighted by molar-refractivity contribution is 7.80. The van der Waals surface area contributed by atoms with Crippen LogP contribution in [0.5, 0.6) is 0 Å². The second-order valence-electron chi connectivity index (χ2n) is 2.57. The van der Waals surface area contributed by atoms with Gasteiger partial charge in [-0.3, -0.25) is 5.32 Å². The number of anilines is 1. The van der Waals surface area contributed by atoms with Crippen LogP contribution in [-0.2, 0) is 0 Å². The molecule has 1 rings (SSSR count). The van der Waals surface area contributed by atoms with E-state index in [9.17, 15) is 0 Å². The number of unbranched alkanes of at least 4 members (excludes halogenated alkanes) is 1. The second-order valence-corrected chi connectivity index (χ2v) is 2.98. The van der Waals surface area contributed by atoms with Gasteiger partial charge >= 0.3 is 6.01 Å². The van der Waals surface area contributed by atoms with E-state index in [-0.39, 0.29) is 0 Å². The summed E-state index contributed by atoms with van der Waals surface area (Å²) in [4.78, 5) is 3.88. The van der Waals surface area contributed by atoms with E-state index in [2.05, 4.69) is 22.5 Å². The molecule has 0 fully saturated rings. The van der Waals surface area contributed by atoms with E-state index in [0.29, 0.717) is 11.1 Å². The summed E-state index contributed by atoms with van der Waals surface area (Å²) in [7, 11) is 0. The summed E-state index contributed by atoms with van der Waals surface area (Å²) >= 11 is 4.99. The Morgan fingerprint density at radius 2 is 2.54 bits per heavy atom. The summed E-state index contributed by atoms with van der Waals surface area (Å²) in [5.41, 5.74) is 0. The van der Waals surface area contributed by atoms with E-state index in [1.807, 2.05) is 0 Å². The number of aromatic nitrogens is 1. The Hall–Kier alpha value is -1.10. The second kappa shape index (κ2) is 5.53. The Morgan fingerprint density at radius 3 is 3.15 bits per heavy atom. The van der Waals surface area contributed by atoms with Gasteiger partial charge in [0.05, 0.1) is 6.20 Å². The van der Waals surface area contributed by atoms with Gasteiger partial charge in [-0.25, -0.2) is 4.98 Å². The Balaban J connectivity index is 2.18. The normalized spacial score (nSPS) is 9.62. The molecule has 13 heavy (non-hydrogen) atoms. The van der Waals surface area contributed by atoms with Gasteiger partial charge in [-0.15, -0.1) is 0 Å². The number of rotatable bonds is 4. The van der Waals surface area contributed by atoms with Crippen molar-refractivity contribution in [3.63, 3.8) is 0 Å². The predicted octanol–water partition coefficient (Wildman–Crippen LogP) is 1.76. The molecule has 0 aromatic carbocycles. The summed E-state index contributed by atoms with van der Waals surface area (Å²) in [6.45, 7) is 3.01. The molecule has 0 saturated carbocycles. The summed E-state index contributed by atoms with van der Waals surface area (Å²) in [5, 5.41) is 6.42. The Labute approximate surface area is 82.7 Å². The van der Waals surface area contributed by atoms with E-state index in [1.54, 1.807) is 6.20 Å². The molecular weight excluding hydrogens is 186 g/mol. The summed E-state index contributed by atoms with van der Waals surface area (Å²) < 4.78 is 4.96. The zero-order chi connectivity index (χ0) is 9.52. The van der Waals surface area contributed by atoms with Crippen LogP contribution in [0, 0.1) is 0 Å². The maximum Gasteiger partial charge on any atom is 0.300 e. The van der Waals surface area contributed by atoms with Gasteiger partial charge in [-0.2, -0.15) is 0 Å². The van der Waals surface area contributed by atoms with Crippen molar-refractivity contribution in [3.8, 4) is 0 Å². The standard InChI is InChI=1S/C8H13N3OS/c1-2-3-4-10-8(13)11-7-9-5-6-12-7/h5-6H,2-4H2,1H3,(H2,9,10,11,13). The molecule has 0 aliphatic heterocycles. The highest BCUT2D eigenvalue weighted by atomic mass is 32.1. The molecule has 0 amide bonds. The first-order valence-corrected chi connectivity index (χ1v) is 4.68. The first kappa shape index (κ1) is 9.98. The number of hydrogen-bond acceptors (Lipinski definition) is 3. The zero-order valence-corrected chi connectivity index (χ0v) is 8.36. The van der Waals surface area contributed by atoms with Crippen molar-refractivity contribution in [3.05, 3.63) is 12.5 Å². The maximum atomic E-state index is 4.99. The van der Waals surface area contributed by atoms with Crippen molar-refractivity contribution < 1.29 is 4.42 Å². The number of nitrogens with zero attached hydrogens (tertiary/aromatic N) is 1. The third kappa shape index (κ3) is 3.89. The molecule has 0 aliphatic carbocycles. The highest BCUT2D eigenvalue weighted by Gasteiger charge is 1.98. The lowest BCUT2D eigenvalue weighted by molar-refractivity contribution is 0.578. The SMILES string of the molecule is CCCCNC(=S)Nc1ncco1. The molecule has 1 aromatic rings. The third-order valence-corrected chi connectivity index (χ3v) is 1.72. The Bertz CT molecular complexity index is 248. The molecule has 4 nitrogen and oxygen atoms in total. The minimum Gasteiger partial charge on any atom is -0.432 e. The Kier molecular flexibility index (Phi) is 4.25. The van der Waals surface area contributed by atoms with Crippen molar-refractivity contribution in [1.29, 1.82) is 0 Å². The lowest BCUT2D eigenvalue weighted by atomic mass is 10.3. The van der Waals surface area contributed by atoms with Crippen molar-refractivity contribution >= 4 is 23.3 Å². The van der Waals surface area contributed by atoms with E-state index in [0.717, 1.165) is 19.4 Å². The largest absolute Gasteiger partial charge is 0.432 e. The molecule has 0 atom stereocenters. The van der Waals surface area contributed by atoms with Gasteiger partial charge in [0.25, 0.3) is 0 Å². The van der Waals surface area contributed by atoms with Gasteiger partial charge in [0.2, 0.25) is 0 Å². The van der Waals surface area contributed by atoms with Gasteiger partial charge in [-0.05, 0) is 18.6 Å². The molecule has 2 N–H and O–H groups in total. The van der Waals surface area contributed by atoms with E-state index >= 15 is 0 Å². The van der Waals surface area contributed by atoms with Crippen LogP contribution in [0.25, 0.3) is 0 Å². The van der Waals surface area contributed by atoms with Crippen molar-refractivity contribution in [2.75, 3.05) is 11.9 Å². The monoisotopic (exact) mass is 199 g/mol. The molecule has 1 aromatic heterocycles. The summed E-state index contributed by atoms with van der Waals surface area (Å²) in [6, 6.07) is 0.425. The van der Waals surface area contributed by atoms with Crippen LogP contribution in [0.2, 0.25) is 0 Å². The van der Waals surface area contributed by atoms with Crippen molar-refractivity contribution in [2.24, 2.45) is 0 Å². The van der Waals surface area contributed by atoms with Crippen LogP contribution in [-0.4, -0.2) is 16.6 Å². The average Bonchev–Trinajstić information content (AvgIpc) is 2.57. The van der Waals surface area contributed by atoms with Crippen LogP contribution in [0.1, 0.15) is 19.8 Å². The highest BCUT2D eigenvalue weighted by Crippen LogP contribution is 1.99. The van der Waals surface area contributed by atoms with Crippen LogP contribution >= 0.6 is 12.2 Å². The molecule has 0 bridgehead atoms. The van der Waals surface area contributed by atoms with Gasteiger partial charge in [0.15, 0.2) is 5.11 Å². The molecular formula is C8H13N3OS. The van der Waals surface area contributed by atoms with Crippen LogP contribution in [0.15, 0.2) is 16.9 Å². The fourth-order valence-electron chi connectivity index (χ4n) is 0.805. The quantitative estimate of drug-likeness (QED) is 0.571. The summed E-state index contributed by atoms with van der Waals surface area (Å²) in [5.74, 6) is 0. The molecule has 0 unspecified atom stereocenters. The van der Waals surface area contributed by atoms with Crippen molar-refractivity contribution in [2.45, 2.75) is 19.8 Å². The third-order valence-electron chi connectivity index (χ3n) is 1.47. The molecule has 0 spiro atoms. The number of hydrogen-bond donors (Lipinski definition) is 2. The average molecular weight is 199 g/mol. The van der Waals surface area contributed by atoms with Crippen LogP contribution in [0.3, 0.4) is 0 Å². The van der Waals surface area contributed by atoms with E-state index in [4.69, 9.17) is 16.6 Å². The fraction of sp³-hybridized carbons (Fsp3) is 0.500. The first-order chi connectivity index (χ1) is 6.33. The Morgan fingerprint density at radius 1 is 1.69 bits per heavy atom. The summed E-state index contributed by atoms with van der Waals surface area (Å²) in [6.07, 6.45) is 5.32. The molecule has 0 saturated heterocycles. The van der Waals surface area contributed by atoms with Crippen LogP contribution in [0.4, 0.5) is 6.01 Å². The van der Waals surface area contributed by atoms with Crippen LogP contribution < -0.4 is 10.6 Å². The van der Waals surface area contributed by atoms with Gasteiger partial charge in [-0.1, -0.05) is 13.3 Å². The minimum absolute atomic E-state index is 0.425. The topological polar surface area (TPSA) is 50.1 Å². The number of thiocarbonyl (C=S) groups is 1. The van der Waals surface area contributed by atoms with E-state index < -0.39 is 0 Å². The van der Waals surface area contributed by atoms with Gasteiger partial charge in [0, 0.05) is 6.54 Å². The molecule has 1 heterocycles. The van der Waals surface area contributed by atoms with Gasteiger partial charge < -0.3 is 9.73 Å². The smallest absolute Gasteiger partial charge is 0.300 e. The molecule has 0 aliphatic rings. The zero-order valence-electron chi connectivity index (χ0n) is 7.54. The number of oxazole rings is 1. The lowest BCUT2D eigenvalue weighted by Gasteiger charge is -2.05. The van der Waals surface area contributed by atoms with E-state index in [1.165, 1.54) is 6.26 Å². The molecule has 5 heteroatoms. The minimum atomic E-state index is 0.425.